The molecular weight excluding hydrogens is 252 g/mol. The average molecular weight is 276 g/mol. The maximum absolute atomic E-state index is 12.6. The number of carbonyl (C=O) groups is 1. The van der Waals surface area contributed by atoms with Crippen LogP contribution in [0.1, 0.15) is 37.0 Å². The Hall–Kier alpha value is -1.55. The lowest BCUT2D eigenvalue weighted by Crippen LogP contribution is -2.34. The van der Waals surface area contributed by atoms with Crippen LogP contribution in [-0.2, 0) is 4.74 Å². The Morgan fingerprint density at radius 2 is 2.20 bits per heavy atom. The maximum atomic E-state index is 12.6. The molecule has 1 aliphatic rings. The van der Waals surface area contributed by atoms with Gasteiger partial charge in [0.25, 0.3) is 5.91 Å². The molecule has 1 atom stereocenters. The van der Waals surface area contributed by atoms with E-state index in [0.717, 1.165) is 30.7 Å². The number of ether oxygens (including phenoxy) is 1. The summed E-state index contributed by atoms with van der Waals surface area (Å²) < 4.78 is 5.59. The highest BCUT2D eigenvalue weighted by atomic mass is 16.5. The molecule has 1 aliphatic heterocycles. The van der Waals surface area contributed by atoms with Gasteiger partial charge in [0.15, 0.2) is 0 Å². The summed E-state index contributed by atoms with van der Waals surface area (Å²) in [7, 11) is 1.84. The van der Waals surface area contributed by atoms with Crippen LogP contribution in [0.25, 0.3) is 0 Å². The van der Waals surface area contributed by atoms with Crippen molar-refractivity contribution in [2.75, 3.05) is 25.5 Å². The number of hydrogen-bond acceptors (Lipinski definition) is 3. The van der Waals surface area contributed by atoms with E-state index in [0.29, 0.717) is 12.6 Å². The van der Waals surface area contributed by atoms with Crippen LogP contribution < -0.4 is 5.32 Å². The Kier molecular flexibility index (Phi) is 5.01. The van der Waals surface area contributed by atoms with E-state index < -0.39 is 0 Å². The molecule has 0 aromatic heterocycles. The fourth-order valence-electron chi connectivity index (χ4n) is 2.49. The summed E-state index contributed by atoms with van der Waals surface area (Å²) >= 11 is 0. The first-order chi connectivity index (χ1) is 9.58. The predicted molar refractivity (Wildman–Crippen MR) is 81.1 cm³/mol. The van der Waals surface area contributed by atoms with Crippen molar-refractivity contribution in [3.63, 3.8) is 0 Å². The Balaban J connectivity index is 2.07. The number of nitrogens with zero attached hydrogens (tertiary/aromatic N) is 1. The lowest BCUT2D eigenvalue weighted by atomic mass is 10.1. The van der Waals surface area contributed by atoms with Gasteiger partial charge in [-0.25, -0.2) is 0 Å². The number of amides is 1. The van der Waals surface area contributed by atoms with Crippen LogP contribution in [0, 0.1) is 0 Å². The molecule has 0 aliphatic carbocycles. The molecular formula is C16H24N2O2. The molecule has 0 spiro atoms. The van der Waals surface area contributed by atoms with Crippen LogP contribution in [0.3, 0.4) is 0 Å². The molecule has 1 fully saturated rings. The second kappa shape index (κ2) is 6.75. The molecule has 20 heavy (non-hydrogen) atoms. The van der Waals surface area contributed by atoms with E-state index in [1.165, 1.54) is 0 Å². The fraction of sp³-hybridized carbons (Fsp3) is 0.562. The molecule has 1 N–H and O–H groups in total. The van der Waals surface area contributed by atoms with Crippen molar-refractivity contribution in [1.29, 1.82) is 0 Å². The topological polar surface area (TPSA) is 41.6 Å². The number of para-hydroxylation sites is 1. The zero-order valence-electron chi connectivity index (χ0n) is 12.6. The van der Waals surface area contributed by atoms with Crippen LogP contribution >= 0.6 is 0 Å². The van der Waals surface area contributed by atoms with Gasteiger partial charge in [-0.2, -0.15) is 0 Å². The van der Waals surface area contributed by atoms with E-state index in [1.54, 1.807) is 4.90 Å². The van der Waals surface area contributed by atoms with E-state index in [4.69, 9.17) is 4.74 Å². The van der Waals surface area contributed by atoms with Gasteiger partial charge in [0.05, 0.1) is 11.7 Å². The molecule has 0 saturated carbocycles. The zero-order chi connectivity index (χ0) is 14.5. The van der Waals surface area contributed by atoms with Crippen molar-refractivity contribution in [2.24, 2.45) is 0 Å². The van der Waals surface area contributed by atoms with Crippen LogP contribution in [0.4, 0.5) is 5.69 Å². The minimum absolute atomic E-state index is 0.0456. The predicted octanol–water partition coefficient (Wildman–Crippen LogP) is 2.76. The van der Waals surface area contributed by atoms with E-state index in [-0.39, 0.29) is 12.0 Å². The van der Waals surface area contributed by atoms with Crippen molar-refractivity contribution >= 4 is 11.6 Å². The first-order valence-electron chi connectivity index (χ1n) is 7.30. The van der Waals surface area contributed by atoms with E-state index >= 15 is 0 Å². The molecule has 1 aromatic carbocycles. The number of carbonyl (C=O) groups excluding carboxylic acids is 1. The Morgan fingerprint density at radius 1 is 1.45 bits per heavy atom. The summed E-state index contributed by atoms with van der Waals surface area (Å²) in [6.45, 7) is 5.61. The van der Waals surface area contributed by atoms with Crippen LogP contribution in [0.15, 0.2) is 24.3 Å². The number of hydrogen-bond donors (Lipinski definition) is 1. The smallest absolute Gasteiger partial charge is 0.255 e. The van der Waals surface area contributed by atoms with Gasteiger partial charge < -0.3 is 15.0 Å². The fourth-order valence-corrected chi connectivity index (χ4v) is 2.49. The third-order valence-corrected chi connectivity index (χ3v) is 3.45. The van der Waals surface area contributed by atoms with Gasteiger partial charge in [-0.3, -0.25) is 4.79 Å². The van der Waals surface area contributed by atoms with E-state index in [1.807, 2.05) is 31.3 Å². The minimum Gasteiger partial charge on any atom is -0.382 e. The molecule has 0 bridgehead atoms. The first kappa shape index (κ1) is 14.9. The zero-order valence-corrected chi connectivity index (χ0v) is 12.6. The van der Waals surface area contributed by atoms with Crippen molar-refractivity contribution in [3.05, 3.63) is 29.8 Å². The van der Waals surface area contributed by atoms with Gasteiger partial charge in [-0.15, -0.1) is 0 Å². The minimum atomic E-state index is 0.0456. The molecule has 2 rings (SSSR count). The quantitative estimate of drug-likeness (QED) is 0.899. The largest absolute Gasteiger partial charge is 0.382 e. The number of rotatable bonds is 5. The van der Waals surface area contributed by atoms with Crippen LogP contribution in [0.2, 0.25) is 0 Å². The Morgan fingerprint density at radius 3 is 2.85 bits per heavy atom. The van der Waals surface area contributed by atoms with E-state index in [2.05, 4.69) is 19.2 Å². The molecule has 1 unspecified atom stereocenters. The molecule has 110 valence electrons. The molecule has 1 heterocycles. The Bertz CT molecular complexity index is 454. The third kappa shape index (κ3) is 3.73. The van der Waals surface area contributed by atoms with Gasteiger partial charge in [-0.1, -0.05) is 12.1 Å². The standard InChI is InChI=1S/C16H24N2O2/c1-12(2)17-15-9-5-4-8-14(15)16(19)18(3)11-13-7-6-10-20-13/h4-5,8-9,12-13,17H,6-7,10-11H2,1-3H3. The lowest BCUT2D eigenvalue weighted by Gasteiger charge is -2.23. The summed E-state index contributed by atoms with van der Waals surface area (Å²) in [5.74, 6) is 0.0456. The number of nitrogens with one attached hydrogen (secondary N) is 1. The number of anilines is 1. The van der Waals surface area contributed by atoms with Crippen molar-refractivity contribution < 1.29 is 9.53 Å². The number of benzene rings is 1. The highest BCUT2D eigenvalue weighted by molar-refractivity contribution is 5.99. The van der Waals surface area contributed by atoms with Crippen LogP contribution in [-0.4, -0.2) is 43.2 Å². The third-order valence-electron chi connectivity index (χ3n) is 3.45. The van der Waals surface area contributed by atoms with Gasteiger partial charge >= 0.3 is 0 Å². The second-order valence-corrected chi connectivity index (χ2v) is 5.67. The lowest BCUT2D eigenvalue weighted by molar-refractivity contribution is 0.0588. The second-order valence-electron chi connectivity index (χ2n) is 5.67. The summed E-state index contributed by atoms with van der Waals surface area (Å²) in [4.78, 5) is 14.3. The molecule has 1 aromatic rings. The molecule has 0 radical (unpaired) electrons. The van der Waals surface area contributed by atoms with Gasteiger partial charge in [0, 0.05) is 31.9 Å². The van der Waals surface area contributed by atoms with Crippen LogP contribution in [0.5, 0.6) is 0 Å². The van der Waals surface area contributed by atoms with Gasteiger partial charge in [-0.05, 0) is 38.8 Å². The van der Waals surface area contributed by atoms with Crippen molar-refractivity contribution in [1.82, 2.24) is 4.90 Å². The summed E-state index contributed by atoms with van der Waals surface area (Å²) in [5, 5.41) is 3.32. The van der Waals surface area contributed by atoms with Gasteiger partial charge in [0.2, 0.25) is 0 Å². The van der Waals surface area contributed by atoms with Gasteiger partial charge in [0.1, 0.15) is 0 Å². The summed E-state index contributed by atoms with van der Waals surface area (Å²) in [6, 6.07) is 7.97. The average Bonchev–Trinajstić information content (AvgIpc) is 2.90. The SMILES string of the molecule is CC(C)Nc1ccccc1C(=O)N(C)CC1CCCO1. The molecule has 1 saturated heterocycles. The van der Waals surface area contributed by atoms with E-state index in [9.17, 15) is 4.79 Å². The van der Waals surface area contributed by atoms with Crippen molar-refractivity contribution in [3.8, 4) is 0 Å². The first-order valence-corrected chi connectivity index (χ1v) is 7.30. The molecule has 4 heteroatoms. The maximum Gasteiger partial charge on any atom is 0.255 e. The Labute approximate surface area is 121 Å². The highest BCUT2D eigenvalue weighted by Gasteiger charge is 2.22. The molecule has 1 amide bonds. The molecule has 4 nitrogen and oxygen atoms in total. The highest BCUT2D eigenvalue weighted by Crippen LogP contribution is 2.19. The summed E-state index contributed by atoms with van der Waals surface area (Å²) in [6.07, 6.45) is 2.33. The normalized spacial score (nSPS) is 18.3. The monoisotopic (exact) mass is 276 g/mol. The summed E-state index contributed by atoms with van der Waals surface area (Å²) in [5.41, 5.74) is 1.62. The number of likely N-dealkylation sites (N-methyl/N-ethyl adjacent to an activating group) is 1. The van der Waals surface area contributed by atoms with Crippen molar-refractivity contribution in [2.45, 2.75) is 38.8 Å².